The summed E-state index contributed by atoms with van der Waals surface area (Å²) in [7, 11) is 0. The summed E-state index contributed by atoms with van der Waals surface area (Å²) in [6, 6.07) is 6.68. The molecule has 3 N–H and O–H groups in total. The van der Waals surface area contributed by atoms with Crippen LogP contribution >= 0.6 is 11.6 Å². The fourth-order valence-corrected chi connectivity index (χ4v) is 2.96. The first-order valence-corrected chi connectivity index (χ1v) is 7.84. The van der Waals surface area contributed by atoms with Gasteiger partial charge in [0, 0.05) is 6.54 Å². The van der Waals surface area contributed by atoms with E-state index in [1.807, 2.05) is 0 Å². The molecule has 0 bridgehead atoms. The molecule has 5 nitrogen and oxygen atoms in total. The molecule has 1 atom stereocenters. The number of para-hydroxylation sites is 1. The Bertz CT molecular complexity index is 554. The smallest absolute Gasteiger partial charge is 0.313 e. The van der Waals surface area contributed by atoms with Crippen LogP contribution < -0.4 is 10.6 Å². The van der Waals surface area contributed by atoms with Gasteiger partial charge in [-0.15, -0.1) is 0 Å². The van der Waals surface area contributed by atoms with Crippen molar-refractivity contribution in [3.05, 3.63) is 29.3 Å². The van der Waals surface area contributed by atoms with Crippen LogP contribution in [0.2, 0.25) is 5.02 Å². The summed E-state index contributed by atoms with van der Waals surface area (Å²) in [6.07, 6.45) is 4.10. The second-order valence-corrected chi connectivity index (χ2v) is 6.36. The fourth-order valence-electron chi connectivity index (χ4n) is 2.77. The highest BCUT2D eigenvalue weighted by atomic mass is 35.5. The molecular formula is C16H21ClN2O3. The quantitative estimate of drug-likeness (QED) is 0.744. The standard InChI is InChI=1S/C16H21ClN2O3/c1-16(22,11-6-2-3-7-11)10-18-14(20)15(21)19-13-9-5-4-8-12(13)17/h4-5,8-9,11,22H,2-3,6-7,10H2,1H3,(H,18,20)(H,19,21)/t16-/m0/s1. The number of hydrogen-bond donors (Lipinski definition) is 3. The van der Waals surface area contributed by atoms with E-state index < -0.39 is 17.4 Å². The van der Waals surface area contributed by atoms with E-state index in [9.17, 15) is 14.7 Å². The van der Waals surface area contributed by atoms with Crippen LogP contribution in [0, 0.1) is 5.92 Å². The van der Waals surface area contributed by atoms with Gasteiger partial charge >= 0.3 is 11.8 Å². The number of nitrogens with one attached hydrogen (secondary N) is 2. The third-order valence-electron chi connectivity index (χ3n) is 4.17. The molecule has 1 aliphatic carbocycles. The Morgan fingerprint density at radius 2 is 1.91 bits per heavy atom. The highest BCUT2D eigenvalue weighted by Crippen LogP contribution is 2.33. The lowest BCUT2D eigenvalue weighted by atomic mass is 9.88. The summed E-state index contributed by atoms with van der Waals surface area (Å²) in [6.45, 7) is 1.77. The van der Waals surface area contributed by atoms with Crippen molar-refractivity contribution in [2.45, 2.75) is 38.2 Å². The van der Waals surface area contributed by atoms with Crippen LogP contribution in [0.25, 0.3) is 0 Å². The zero-order valence-electron chi connectivity index (χ0n) is 12.6. The molecule has 22 heavy (non-hydrogen) atoms. The van der Waals surface area contributed by atoms with Crippen LogP contribution in [0.1, 0.15) is 32.6 Å². The van der Waals surface area contributed by atoms with Crippen molar-refractivity contribution < 1.29 is 14.7 Å². The average molecular weight is 325 g/mol. The monoisotopic (exact) mass is 324 g/mol. The number of rotatable bonds is 4. The van der Waals surface area contributed by atoms with E-state index >= 15 is 0 Å². The first kappa shape index (κ1) is 16.8. The van der Waals surface area contributed by atoms with Gasteiger partial charge in [-0.1, -0.05) is 36.6 Å². The van der Waals surface area contributed by atoms with E-state index in [1.54, 1.807) is 31.2 Å². The molecule has 1 aromatic rings. The Morgan fingerprint density at radius 1 is 1.27 bits per heavy atom. The van der Waals surface area contributed by atoms with Gasteiger partial charge in [-0.3, -0.25) is 9.59 Å². The van der Waals surface area contributed by atoms with Crippen LogP contribution in [0.5, 0.6) is 0 Å². The van der Waals surface area contributed by atoms with Gasteiger partial charge in [-0.05, 0) is 37.8 Å². The number of amides is 2. The average Bonchev–Trinajstić information content (AvgIpc) is 3.02. The zero-order valence-corrected chi connectivity index (χ0v) is 13.3. The molecule has 1 fully saturated rings. The normalized spacial score (nSPS) is 17.8. The Morgan fingerprint density at radius 3 is 2.55 bits per heavy atom. The number of aliphatic hydroxyl groups is 1. The summed E-state index contributed by atoms with van der Waals surface area (Å²) < 4.78 is 0. The minimum absolute atomic E-state index is 0.0619. The van der Waals surface area contributed by atoms with Crippen molar-refractivity contribution >= 4 is 29.1 Å². The van der Waals surface area contributed by atoms with Crippen molar-refractivity contribution in [3.8, 4) is 0 Å². The molecule has 1 aromatic carbocycles. The van der Waals surface area contributed by atoms with Gasteiger partial charge in [0.25, 0.3) is 0 Å². The summed E-state index contributed by atoms with van der Waals surface area (Å²) >= 11 is 5.92. The van der Waals surface area contributed by atoms with Crippen LogP contribution in [0.3, 0.4) is 0 Å². The molecule has 0 aromatic heterocycles. The van der Waals surface area contributed by atoms with E-state index in [2.05, 4.69) is 10.6 Å². The third-order valence-corrected chi connectivity index (χ3v) is 4.50. The molecule has 6 heteroatoms. The van der Waals surface area contributed by atoms with Crippen LogP contribution in [-0.2, 0) is 9.59 Å². The number of carbonyl (C=O) groups excluding carboxylic acids is 2. The predicted molar refractivity (Wildman–Crippen MR) is 85.7 cm³/mol. The second kappa shape index (κ2) is 7.11. The Balaban J connectivity index is 1.86. The minimum Gasteiger partial charge on any atom is -0.388 e. The van der Waals surface area contributed by atoms with E-state index in [-0.39, 0.29) is 12.5 Å². The zero-order chi connectivity index (χ0) is 16.2. The molecule has 0 radical (unpaired) electrons. The first-order chi connectivity index (χ1) is 10.4. The van der Waals surface area contributed by atoms with Crippen molar-refractivity contribution in [2.75, 3.05) is 11.9 Å². The van der Waals surface area contributed by atoms with Gasteiger partial charge < -0.3 is 15.7 Å². The molecule has 120 valence electrons. The van der Waals surface area contributed by atoms with E-state index in [4.69, 9.17) is 11.6 Å². The maximum absolute atomic E-state index is 11.8. The molecule has 0 unspecified atom stereocenters. The van der Waals surface area contributed by atoms with E-state index in [0.717, 1.165) is 25.7 Å². The lowest BCUT2D eigenvalue weighted by molar-refractivity contribution is -0.137. The van der Waals surface area contributed by atoms with Crippen LogP contribution in [0.4, 0.5) is 5.69 Å². The van der Waals surface area contributed by atoms with E-state index in [0.29, 0.717) is 10.7 Å². The molecule has 0 spiro atoms. The van der Waals surface area contributed by atoms with Gasteiger partial charge in [-0.2, -0.15) is 0 Å². The van der Waals surface area contributed by atoms with Gasteiger partial charge in [0.2, 0.25) is 0 Å². The number of benzene rings is 1. The Labute approximate surface area is 135 Å². The summed E-state index contributed by atoms with van der Waals surface area (Å²) in [4.78, 5) is 23.7. The number of halogens is 1. The van der Waals surface area contributed by atoms with Crippen molar-refractivity contribution in [1.29, 1.82) is 0 Å². The molecule has 0 heterocycles. The summed E-state index contributed by atoms with van der Waals surface area (Å²) in [5, 5.41) is 15.7. The molecule has 2 rings (SSSR count). The molecule has 1 saturated carbocycles. The second-order valence-electron chi connectivity index (χ2n) is 5.96. The number of hydrogen-bond acceptors (Lipinski definition) is 3. The van der Waals surface area contributed by atoms with Crippen LogP contribution in [-0.4, -0.2) is 29.1 Å². The third kappa shape index (κ3) is 4.21. The maximum atomic E-state index is 11.8. The minimum atomic E-state index is -0.989. The van der Waals surface area contributed by atoms with Crippen LogP contribution in [0.15, 0.2) is 24.3 Å². The lowest BCUT2D eigenvalue weighted by Gasteiger charge is -2.30. The molecular weight excluding hydrogens is 304 g/mol. The van der Waals surface area contributed by atoms with Gasteiger partial charge in [0.05, 0.1) is 16.3 Å². The molecule has 0 aliphatic heterocycles. The van der Waals surface area contributed by atoms with Crippen molar-refractivity contribution in [1.82, 2.24) is 5.32 Å². The Kier molecular flexibility index (Phi) is 5.42. The largest absolute Gasteiger partial charge is 0.388 e. The Hall–Kier alpha value is -1.59. The fraction of sp³-hybridized carbons (Fsp3) is 0.500. The van der Waals surface area contributed by atoms with E-state index in [1.165, 1.54) is 0 Å². The number of anilines is 1. The van der Waals surface area contributed by atoms with Gasteiger partial charge in [0.1, 0.15) is 0 Å². The molecule has 1 aliphatic rings. The SMILES string of the molecule is C[C@](O)(CNC(=O)C(=O)Nc1ccccc1Cl)C1CCCC1. The van der Waals surface area contributed by atoms with Crippen molar-refractivity contribution in [3.63, 3.8) is 0 Å². The molecule has 0 saturated heterocycles. The first-order valence-electron chi connectivity index (χ1n) is 7.46. The lowest BCUT2D eigenvalue weighted by Crippen LogP contribution is -2.48. The predicted octanol–water partition coefficient (Wildman–Crippen LogP) is 2.34. The van der Waals surface area contributed by atoms with Crippen molar-refractivity contribution in [2.24, 2.45) is 5.92 Å². The molecule has 2 amide bonds. The topological polar surface area (TPSA) is 78.4 Å². The summed E-state index contributed by atoms with van der Waals surface area (Å²) in [5.74, 6) is -1.41. The van der Waals surface area contributed by atoms with Gasteiger partial charge in [-0.25, -0.2) is 0 Å². The maximum Gasteiger partial charge on any atom is 0.313 e. The summed E-state index contributed by atoms with van der Waals surface area (Å²) in [5.41, 5.74) is -0.608. The van der Waals surface area contributed by atoms with Gasteiger partial charge in [0.15, 0.2) is 0 Å². The number of carbonyl (C=O) groups is 2. The highest BCUT2D eigenvalue weighted by Gasteiger charge is 2.34. The highest BCUT2D eigenvalue weighted by molar-refractivity contribution is 6.41.